The number of piperidine rings is 3. The first-order valence-corrected chi connectivity index (χ1v) is 13.3. The fourth-order valence-electron chi connectivity index (χ4n) is 6.46. The lowest BCUT2D eigenvalue weighted by atomic mass is 9.73. The normalized spacial score (nSPS) is 23.5. The van der Waals surface area contributed by atoms with Gasteiger partial charge in [-0.3, -0.25) is 14.9 Å². The number of aromatic nitrogens is 3. The first-order chi connectivity index (χ1) is 18.7. The molecule has 3 aromatic heterocycles. The molecule has 190 valence electrons. The molecule has 1 unspecified atom stereocenters. The van der Waals surface area contributed by atoms with Crippen molar-refractivity contribution in [2.75, 3.05) is 20.2 Å². The van der Waals surface area contributed by atoms with E-state index in [9.17, 15) is 0 Å². The summed E-state index contributed by atoms with van der Waals surface area (Å²) in [5.74, 6) is 2.57. The SMILES string of the molecule is C=C[C@H]1CN2CC[C@H]1C[C@H]2[C@H](Oc1ccc2ccc3cccnc3c2n1)c1ccnc2ccc(OC)cc12. The summed E-state index contributed by atoms with van der Waals surface area (Å²) in [5, 5.41) is 3.17. The van der Waals surface area contributed by atoms with E-state index in [2.05, 4.69) is 63.9 Å². The van der Waals surface area contributed by atoms with E-state index < -0.39 is 0 Å². The number of nitrogens with zero attached hydrogens (tertiary/aromatic N) is 4. The number of benzene rings is 2. The van der Waals surface area contributed by atoms with E-state index in [0.29, 0.717) is 17.7 Å². The Morgan fingerprint density at radius 1 is 1.00 bits per heavy atom. The highest BCUT2D eigenvalue weighted by Gasteiger charge is 2.44. The van der Waals surface area contributed by atoms with Gasteiger partial charge in [-0.1, -0.05) is 24.3 Å². The van der Waals surface area contributed by atoms with Gasteiger partial charge in [-0.25, -0.2) is 4.98 Å². The van der Waals surface area contributed by atoms with Crippen molar-refractivity contribution >= 4 is 32.7 Å². The van der Waals surface area contributed by atoms with Gasteiger partial charge in [0.05, 0.1) is 24.2 Å². The van der Waals surface area contributed by atoms with Crippen LogP contribution in [-0.4, -0.2) is 46.1 Å². The number of methoxy groups -OCH3 is 1. The van der Waals surface area contributed by atoms with Crippen LogP contribution in [0.2, 0.25) is 0 Å². The van der Waals surface area contributed by atoms with Crippen LogP contribution >= 0.6 is 0 Å². The van der Waals surface area contributed by atoms with Crippen LogP contribution in [0.3, 0.4) is 0 Å². The zero-order valence-electron chi connectivity index (χ0n) is 21.5. The summed E-state index contributed by atoms with van der Waals surface area (Å²) in [6.45, 7) is 6.21. The first kappa shape index (κ1) is 23.1. The van der Waals surface area contributed by atoms with Gasteiger partial charge in [0.1, 0.15) is 17.4 Å². The lowest BCUT2D eigenvalue weighted by Gasteiger charge is -2.51. The van der Waals surface area contributed by atoms with Crippen molar-refractivity contribution in [3.05, 3.63) is 91.3 Å². The minimum atomic E-state index is -0.214. The summed E-state index contributed by atoms with van der Waals surface area (Å²) >= 11 is 0. The standard InChI is InChI=1S/C32H30N4O2/c1-3-20-19-36-16-13-23(20)17-28(36)32(25-12-15-33-27-10-9-24(37-2)18-26(25)27)38-29-11-8-22-7-6-21-5-4-14-34-30(21)31(22)35-29/h3-12,14-15,18,20,23,28,32H,1,13,16-17,19H2,2H3/t20-,23-,28-,32+/m0/s1. The van der Waals surface area contributed by atoms with Crippen molar-refractivity contribution in [2.45, 2.75) is 25.0 Å². The van der Waals surface area contributed by atoms with Crippen LogP contribution in [0.25, 0.3) is 32.7 Å². The molecule has 3 fully saturated rings. The average molecular weight is 503 g/mol. The molecule has 3 aliphatic rings. The van der Waals surface area contributed by atoms with Gasteiger partial charge in [0.2, 0.25) is 5.88 Å². The third-order valence-electron chi connectivity index (χ3n) is 8.45. The summed E-state index contributed by atoms with van der Waals surface area (Å²) in [5.41, 5.74) is 3.79. The molecule has 5 atom stereocenters. The number of ether oxygens (including phenoxy) is 2. The van der Waals surface area contributed by atoms with E-state index in [4.69, 9.17) is 14.5 Å². The second kappa shape index (κ2) is 9.37. The highest BCUT2D eigenvalue weighted by atomic mass is 16.5. The van der Waals surface area contributed by atoms with Crippen LogP contribution in [-0.2, 0) is 0 Å². The zero-order valence-corrected chi connectivity index (χ0v) is 21.5. The third kappa shape index (κ3) is 3.87. The molecule has 0 spiro atoms. The number of pyridine rings is 3. The fourth-order valence-corrected chi connectivity index (χ4v) is 6.46. The molecule has 2 bridgehead atoms. The second-order valence-electron chi connectivity index (χ2n) is 10.4. The van der Waals surface area contributed by atoms with E-state index in [-0.39, 0.29) is 12.1 Å². The molecule has 6 heteroatoms. The van der Waals surface area contributed by atoms with Gasteiger partial charge < -0.3 is 9.47 Å². The van der Waals surface area contributed by atoms with Crippen LogP contribution in [0.5, 0.6) is 11.6 Å². The predicted molar refractivity (Wildman–Crippen MR) is 150 cm³/mol. The third-order valence-corrected chi connectivity index (χ3v) is 8.45. The Hall–Kier alpha value is -4.03. The molecule has 0 amide bonds. The Morgan fingerprint density at radius 3 is 2.68 bits per heavy atom. The molecule has 3 saturated heterocycles. The van der Waals surface area contributed by atoms with Crippen molar-refractivity contribution in [2.24, 2.45) is 11.8 Å². The molecule has 5 aromatic rings. The molecular weight excluding hydrogens is 472 g/mol. The predicted octanol–water partition coefficient (Wildman–Crippen LogP) is 6.36. The Labute approximate surface area is 221 Å². The molecule has 2 aromatic carbocycles. The highest BCUT2D eigenvalue weighted by Crippen LogP contribution is 2.44. The van der Waals surface area contributed by atoms with Gasteiger partial charge >= 0.3 is 0 Å². The minimum Gasteiger partial charge on any atom is -0.497 e. The van der Waals surface area contributed by atoms with Crippen LogP contribution in [0.15, 0.2) is 85.7 Å². The van der Waals surface area contributed by atoms with Crippen molar-refractivity contribution in [3.8, 4) is 11.6 Å². The van der Waals surface area contributed by atoms with Gasteiger partial charge in [0.15, 0.2) is 0 Å². The maximum absolute atomic E-state index is 6.93. The molecule has 0 saturated carbocycles. The van der Waals surface area contributed by atoms with E-state index in [1.807, 2.05) is 36.7 Å². The summed E-state index contributed by atoms with van der Waals surface area (Å²) in [6.07, 6.45) is 7.89. The quantitative estimate of drug-likeness (QED) is 0.199. The minimum absolute atomic E-state index is 0.214. The molecule has 6 nitrogen and oxygen atoms in total. The topological polar surface area (TPSA) is 60.4 Å². The van der Waals surface area contributed by atoms with Crippen molar-refractivity contribution in [1.29, 1.82) is 0 Å². The van der Waals surface area contributed by atoms with Crippen molar-refractivity contribution in [3.63, 3.8) is 0 Å². The van der Waals surface area contributed by atoms with Crippen LogP contribution in [0, 0.1) is 11.8 Å². The smallest absolute Gasteiger partial charge is 0.214 e. The van der Waals surface area contributed by atoms with Crippen LogP contribution < -0.4 is 9.47 Å². The lowest BCUT2D eigenvalue weighted by molar-refractivity contribution is -0.0367. The molecule has 0 radical (unpaired) electrons. The number of fused-ring (bicyclic) bond motifs is 7. The van der Waals surface area contributed by atoms with Crippen LogP contribution in [0.1, 0.15) is 24.5 Å². The Morgan fingerprint density at radius 2 is 1.87 bits per heavy atom. The maximum Gasteiger partial charge on any atom is 0.214 e. The van der Waals surface area contributed by atoms with E-state index in [1.54, 1.807) is 7.11 Å². The maximum atomic E-state index is 6.93. The first-order valence-electron chi connectivity index (χ1n) is 13.3. The molecule has 0 N–H and O–H groups in total. The highest BCUT2D eigenvalue weighted by molar-refractivity contribution is 6.02. The molecule has 3 aliphatic heterocycles. The zero-order chi connectivity index (χ0) is 25.6. The summed E-state index contributed by atoms with van der Waals surface area (Å²) in [7, 11) is 1.70. The lowest BCUT2D eigenvalue weighted by Crippen LogP contribution is -2.55. The molecular formula is C32H30N4O2. The van der Waals surface area contributed by atoms with Crippen molar-refractivity contribution in [1.82, 2.24) is 19.9 Å². The Bertz CT molecular complexity index is 1670. The summed E-state index contributed by atoms with van der Waals surface area (Å²) in [4.78, 5) is 16.9. The summed E-state index contributed by atoms with van der Waals surface area (Å²) in [6, 6.07) is 20.6. The molecule has 0 aliphatic carbocycles. The summed E-state index contributed by atoms with van der Waals surface area (Å²) < 4.78 is 12.5. The number of rotatable bonds is 6. The van der Waals surface area contributed by atoms with Gasteiger partial charge in [0, 0.05) is 46.7 Å². The van der Waals surface area contributed by atoms with E-state index in [1.165, 1.54) is 6.42 Å². The van der Waals surface area contributed by atoms with Gasteiger partial charge in [-0.05, 0) is 67.6 Å². The van der Waals surface area contributed by atoms with Gasteiger partial charge in [-0.2, -0.15) is 0 Å². The number of hydrogen-bond donors (Lipinski definition) is 0. The molecule has 38 heavy (non-hydrogen) atoms. The van der Waals surface area contributed by atoms with Gasteiger partial charge in [-0.15, -0.1) is 6.58 Å². The second-order valence-corrected chi connectivity index (χ2v) is 10.4. The van der Waals surface area contributed by atoms with Crippen molar-refractivity contribution < 1.29 is 9.47 Å². The Kier molecular flexibility index (Phi) is 5.70. The van der Waals surface area contributed by atoms with Gasteiger partial charge in [0.25, 0.3) is 0 Å². The van der Waals surface area contributed by atoms with E-state index >= 15 is 0 Å². The van der Waals surface area contributed by atoms with Crippen LogP contribution in [0.4, 0.5) is 0 Å². The Balaban J connectivity index is 1.36. The molecule has 6 heterocycles. The number of hydrogen-bond acceptors (Lipinski definition) is 6. The average Bonchev–Trinajstić information content (AvgIpc) is 2.99. The monoisotopic (exact) mass is 502 g/mol. The van der Waals surface area contributed by atoms with E-state index in [0.717, 1.165) is 63.5 Å². The molecule has 8 rings (SSSR count). The fraction of sp³-hybridized carbons (Fsp3) is 0.281. The largest absolute Gasteiger partial charge is 0.497 e.